The number of nitrogens with one attached hydrogen (secondary N) is 2. The Balaban J connectivity index is 1.85. The van der Waals surface area contributed by atoms with Crippen LogP contribution in [0.3, 0.4) is 0 Å². The molecule has 2 rings (SSSR count). The first-order chi connectivity index (χ1) is 14.8. The van der Waals surface area contributed by atoms with Crippen molar-refractivity contribution in [2.45, 2.75) is 13.3 Å². The van der Waals surface area contributed by atoms with E-state index in [2.05, 4.69) is 15.8 Å². The molecule has 2 aromatic carbocycles. The number of hydrogen-bond donors (Lipinski definition) is 2. The molecule has 0 unspecified atom stereocenters. The minimum atomic E-state index is -0.623. The van der Waals surface area contributed by atoms with Crippen molar-refractivity contribution in [1.82, 2.24) is 5.43 Å². The van der Waals surface area contributed by atoms with Gasteiger partial charge in [-0.25, -0.2) is 5.43 Å². The van der Waals surface area contributed by atoms with Crippen molar-refractivity contribution in [1.29, 1.82) is 0 Å². The summed E-state index contributed by atoms with van der Waals surface area (Å²) >= 11 is 0. The summed E-state index contributed by atoms with van der Waals surface area (Å²) in [5.41, 5.74) is 2.31. The molecule has 11 nitrogen and oxygen atoms in total. The Bertz CT molecular complexity index is 974. The molecule has 0 heterocycles. The number of nitro groups is 1. The highest BCUT2D eigenvalue weighted by molar-refractivity contribution is 6.06. The zero-order valence-corrected chi connectivity index (χ0v) is 17.2. The number of carbonyl (C=O) groups is 2. The van der Waals surface area contributed by atoms with E-state index in [1.54, 1.807) is 31.4 Å². The maximum atomic E-state index is 12.2. The van der Waals surface area contributed by atoms with Crippen LogP contribution in [-0.4, -0.2) is 43.3 Å². The normalized spacial score (nSPS) is 10.7. The van der Waals surface area contributed by atoms with Crippen LogP contribution in [0.25, 0.3) is 0 Å². The molecule has 2 N–H and O–H groups in total. The molecule has 11 heteroatoms. The predicted octanol–water partition coefficient (Wildman–Crippen LogP) is 2.51. The maximum absolute atomic E-state index is 12.2. The van der Waals surface area contributed by atoms with Crippen molar-refractivity contribution in [2.75, 3.05) is 26.1 Å². The molecule has 0 spiro atoms. The summed E-state index contributed by atoms with van der Waals surface area (Å²) < 4.78 is 15.3. The Hall–Kier alpha value is -4.15. The second-order valence-electron chi connectivity index (χ2n) is 6.21. The van der Waals surface area contributed by atoms with Gasteiger partial charge in [-0.1, -0.05) is 0 Å². The highest BCUT2D eigenvalue weighted by Crippen LogP contribution is 2.29. The first-order valence-corrected chi connectivity index (χ1v) is 9.03. The van der Waals surface area contributed by atoms with Crippen LogP contribution in [0, 0.1) is 10.1 Å². The summed E-state index contributed by atoms with van der Waals surface area (Å²) in [5, 5.41) is 17.5. The van der Waals surface area contributed by atoms with Crippen LogP contribution in [0.2, 0.25) is 0 Å². The van der Waals surface area contributed by atoms with Gasteiger partial charge in [-0.05, 0) is 43.3 Å². The molecular weight excluding hydrogens is 408 g/mol. The van der Waals surface area contributed by atoms with E-state index < -0.39 is 16.7 Å². The standard InChI is InChI=1S/C20H22N4O7/c1-13(22-23-20(26)12-31-15-6-4-14(29-2)5-7-15)10-19(25)21-17-9-8-16(30-3)11-18(17)24(27)28/h4-9,11H,10,12H2,1-3H3,(H,21,25)(H,23,26)/b22-13-. The second kappa shape index (κ2) is 11.1. The number of nitrogens with zero attached hydrogens (tertiary/aromatic N) is 2. The van der Waals surface area contributed by atoms with Crippen molar-refractivity contribution in [3.8, 4) is 17.2 Å². The predicted molar refractivity (Wildman–Crippen MR) is 113 cm³/mol. The van der Waals surface area contributed by atoms with E-state index in [9.17, 15) is 19.7 Å². The Labute approximate surface area is 178 Å². The van der Waals surface area contributed by atoms with E-state index in [1.807, 2.05) is 0 Å². The molecule has 0 radical (unpaired) electrons. The van der Waals surface area contributed by atoms with Gasteiger partial charge in [0, 0.05) is 5.71 Å². The third kappa shape index (κ3) is 7.31. The zero-order valence-electron chi connectivity index (χ0n) is 17.2. The molecule has 0 saturated carbocycles. The highest BCUT2D eigenvalue weighted by Gasteiger charge is 2.17. The van der Waals surface area contributed by atoms with Crippen molar-refractivity contribution in [2.24, 2.45) is 5.10 Å². The molecule has 2 amide bonds. The number of carbonyl (C=O) groups excluding carboxylic acids is 2. The number of rotatable bonds is 10. The van der Waals surface area contributed by atoms with Crippen molar-refractivity contribution in [3.05, 3.63) is 52.6 Å². The van der Waals surface area contributed by atoms with Crippen LogP contribution >= 0.6 is 0 Å². The minimum Gasteiger partial charge on any atom is -0.497 e. The molecule has 0 fully saturated rings. The number of ether oxygens (including phenoxy) is 3. The number of nitro benzene ring substituents is 1. The van der Waals surface area contributed by atoms with Crippen LogP contribution in [0.15, 0.2) is 47.6 Å². The van der Waals surface area contributed by atoms with Gasteiger partial charge in [-0.2, -0.15) is 5.10 Å². The lowest BCUT2D eigenvalue weighted by atomic mass is 10.2. The fourth-order valence-corrected chi connectivity index (χ4v) is 2.37. The van der Waals surface area contributed by atoms with Gasteiger partial charge in [-0.3, -0.25) is 19.7 Å². The Morgan fingerprint density at radius 2 is 1.61 bits per heavy atom. The third-order valence-electron chi connectivity index (χ3n) is 3.89. The lowest BCUT2D eigenvalue weighted by Gasteiger charge is -2.08. The Morgan fingerprint density at radius 1 is 1.00 bits per heavy atom. The van der Waals surface area contributed by atoms with Crippen LogP contribution in [0.1, 0.15) is 13.3 Å². The molecule has 31 heavy (non-hydrogen) atoms. The molecular formula is C20H22N4O7. The number of hydrogen-bond acceptors (Lipinski definition) is 8. The quantitative estimate of drug-likeness (QED) is 0.335. The highest BCUT2D eigenvalue weighted by atomic mass is 16.6. The molecule has 0 aliphatic rings. The second-order valence-corrected chi connectivity index (χ2v) is 6.21. The molecule has 0 aliphatic carbocycles. The van der Waals surface area contributed by atoms with Gasteiger partial charge in [0.25, 0.3) is 11.6 Å². The summed E-state index contributed by atoms with van der Waals surface area (Å²) in [4.78, 5) is 34.6. The first-order valence-electron chi connectivity index (χ1n) is 9.03. The largest absolute Gasteiger partial charge is 0.497 e. The molecule has 0 aliphatic heterocycles. The summed E-state index contributed by atoms with van der Waals surface area (Å²) in [6.07, 6.45) is -0.178. The average Bonchev–Trinajstić information content (AvgIpc) is 2.76. The Morgan fingerprint density at radius 3 is 2.23 bits per heavy atom. The minimum absolute atomic E-state index is 0.0283. The summed E-state index contributed by atoms with van der Waals surface area (Å²) in [6.45, 7) is 1.26. The topological polar surface area (TPSA) is 141 Å². The smallest absolute Gasteiger partial charge is 0.296 e. The number of benzene rings is 2. The van der Waals surface area contributed by atoms with Crippen LogP contribution in [-0.2, 0) is 9.59 Å². The number of amides is 2. The van der Waals surface area contributed by atoms with Gasteiger partial charge in [0.05, 0.1) is 31.6 Å². The van der Waals surface area contributed by atoms with Gasteiger partial charge in [-0.15, -0.1) is 0 Å². The van der Waals surface area contributed by atoms with Crippen molar-refractivity contribution in [3.63, 3.8) is 0 Å². The maximum Gasteiger partial charge on any atom is 0.296 e. The van der Waals surface area contributed by atoms with Crippen LogP contribution in [0.5, 0.6) is 17.2 Å². The monoisotopic (exact) mass is 430 g/mol. The van der Waals surface area contributed by atoms with Gasteiger partial charge in [0.2, 0.25) is 5.91 Å². The lowest BCUT2D eigenvalue weighted by molar-refractivity contribution is -0.384. The number of anilines is 1. The van der Waals surface area contributed by atoms with E-state index in [0.29, 0.717) is 23.0 Å². The van der Waals surface area contributed by atoms with E-state index >= 15 is 0 Å². The van der Waals surface area contributed by atoms with E-state index in [1.165, 1.54) is 32.2 Å². The van der Waals surface area contributed by atoms with Gasteiger partial charge < -0.3 is 19.5 Å². The number of hydrazone groups is 1. The van der Waals surface area contributed by atoms with Gasteiger partial charge in [0.15, 0.2) is 6.61 Å². The molecule has 2 aromatic rings. The SMILES string of the molecule is COc1ccc(OCC(=O)N/N=C(/C)CC(=O)Nc2ccc(OC)cc2[N+](=O)[O-])cc1. The van der Waals surface area contributed by atoms with Crippen molar-refractivity contribution < 1.29 is 28.7 Å². The van der Waals surface area contributed by atoms with Crippen molar-refractivity contribution >= 4 is 28.9 Å². The Kier molecular flexibility index (Phi) is 8.31. The average molecular weight is 430 g/mol. The molecule has 0 saturated heterocycles. The molecule has 164 valence electrons. The molecule has 0 aromatic heterocycles. The van der Waals surface area contributed by atoms with Gasteiger partial charge in [0.1, 0.15) is 22.9 Å². The summed E-state index contributed by atoms with van der Waals surface area (Å²) in [7, 11) is 2.93. The van der Waals surface area contributed by atoms with Crippen LogP contribution in [0.4, 0.5) is 11.4 Å². The lowest BCUT2D eigenvalue weighted by Crippen LogP contribution is -2.26. The summed E-state index contributed by atoms with van der Waals surface area (Å²) in [5.74, 6) is 0.397. The fourth-order valence-electron chi connectivity index (χ4n) is 2.37. The van der Waals surface area contributed by atoms with Gasteiger partial charge >= 0.3 is 0 Å². The molecule has 0 atom stereocenters. The zero-order chi connectivity index (χ0) is 22.8. The van der Waals surface area contributed by atoms with Crippen LogP contribution < -0.4 is 25.0 Å². The van der Waals surface area contributed by atoms with E-state index in [4.69, 9.17) is 14.2 Å². The fraction of sp³-hybridized carbons (Fsp3) is 0.250. The number of methoxy groups -OCH3 is 2. The van der Waals surface area contributed by atoms with E-state index in [-0.39, 0.29) is 24.4 Å². The summed E-state index contributed by atoms with van der Waals surface area (Å²) in [6, 6.07) is 10.8. The molecule has 0 bridgehead atoms. The van der Waals surface area contributed by atoms with E-state index in [0.717, 1.165) is 0 Å². The first kappa shape index (κ1) is 23.1. The third-order valence-corrected chi connectivity index (χ3v) is 3.89.